The Morgan fingerprint density at radius 1 is 1.32 bits per heavy atom. The molecule has 1 unspecified atom stereocenters. The summed E-state index contributed by atoms with van der Waals surface area (Å²) in [5, 5.41) is 3.32. The van der Waals surface area contributed by atoms with Gasteiger partial charge in [0.25, 0.3) is 5.91 Å². The zero-order valence-corrected chi connectivity index (χ0v) is 18.6. The van der Waals surface area contributed by atoms with E-state index in [1.54, 1.807) is 6.07 Å². The van der Waals surface area contributed by atoms with Crippen LogP contribution in [-0.2, 0) is 16.1 Å². The number of guanidine groups is 1. The summed E-state index contributed by atoms with van der Waals surface area (Å²) < 4.78 is 5.34. The van der Waals surface area contributed by atoms with Crippen LogP contribution >= 0.6 is 24.0 Å². The Kier molecular flexibility index (Phi) is 10.6. The van der Waals surface area contributed by atoms with E-state index in [1.165, 1.54) is 0 Å². The van der Waals surface area contributed by atoms with Crippen molar-refractivity contribution in [2.75, 3.05) is 26.2 Å². The number of ether oxygens (including phenoxy) is 1. The molecule has 28 heavy (non-hydrogen) atoms. The number of hydrogen-bond donors (Lipinski definition) is 3. The number of aliphatic imine (C=N–C) groups is 1. The number of nitrogens with zero attached hydrogens (tertiary/aromatic N) is 2. The Labute approximate surface area is 183 Å². The lowest BCUT2D eigenvalue weighted by atomic mass is 9.95. The summed E-state index contributed by atoms with van der Waals surface area (Å²) in [5.74, 6) is 0.923. The highest BCUT2D eigenvalue weighted by atomic mass is 127. The molecule has 156 valence electrons. The molecule has 2 amide bonds. The van der Waals surface area contributed by atoms with Gasteiger partial charge in [0.15, 0.2) is 12.6 Å². The number of rotatable bonds is 8. The van der Waals surface area contributed by atoms with E-state index in [0.717, 1.165) is 44.0 Å². The molecule has 1 aromatic rings. The van der Waals surface area contributed by atoms with E-state index in [2.05, 4.69) is 10.2 Å². The molecule has 0 aromatic heterocycles. The number of likely N-dealkylation sites (tertiary alicyclic amines) is 1. The first kappa shape index (κ1) is 24.0. The maximum atomic E-state index is 11.2. The van der Waals surface area contributed by atoms with Gasteiger partial charge in [-0.15, -0.1) is 24.0 Å². The molecule has 1 aliphatic heterocycles. The molecule has 0 saturated carbocycles. The summed E-state index contributed by atoms with van der Waals surface area (Å²) in [6.07, 6.45) is 2.44. The van der Waals surface area contributed by atoms with Crippen LogP contribution < -0.4 is 21.5 Å². The van der Waals surface area contributed by atoms with Gasteiger partial charge in [0, 0.05) is 26.1 Å². The number of carbonyl (C=O) groups is 2. The molecule has 0 bridgehead atoms. The lowest BCUT2D eigenvalue weighted by molar-refractivity contribution is -0.120. The smallest absolute Gasteiger partial charge is 0.255 e. The van der Waals surface area contributed by atoms with E-state index in [1.807, 2.05) is 25.1 Å². The van der Waals surface area contributed by atoms with Crippen molar-refractivity contribution >= 4 is 41.8 Å². The summed E-state index contributed by atoms with van der Waals surface area (Å²) in [6.45, 7) is 4.80. The van der Waals surface area contributed by atoms with Gasteiger partial charge in [-0.05, 0) is 43.4 Å². The summed E-state index contributed by atoms with van der Waals surface area (Å²) >= 11 is 0. The van der Waals surface area contributed by atoms with Crippen LogP contribution in [0.25, 0.3) is 0 Å². The normalized spacial score (nSPS) is 16.8. The van der Waals surface area contributed by atoms with Crippen LogP contribution in [0.5, 0.6) is 5.75 Å². The maximum Gasteiger partial charge on any atom is 0.255 e. The van der Waals surface area contributed by atoms with Crippen molar-refractivity contribution in [2.45, 2.75) is 32.7 Å². The van der Waals surface area contributed by atoms with E-state index < -0.39 is 5.91 Å². The van der Waals surface area contributed by atoms with Crippen LogP contribution in [0.4, 0.5) is 0 Å². The fourth-order valence-corrected chi connectivity index (χ4v) is 3.19. The van der Waals surface area contributed by atoms with Crippen molar-refractivity contribution in [3.63, 3.8) is 0 Å². The molecular weight excluding hydrogens is 473 g/mol. The van der Waals surface area contributed by atoms with Crippen LogP contribution in [0.2, 0.25) is 0 Å². The second-order valence-electron chi connectivity index (χ2n) is 6.70. The number of hydrogen-bond acceptors (Lipinski definition) is 4. The van der Waals surface area contributed by atoms with Crippen molar-refractivity contribution in [1.82, 2.24) is 10.2 Å². The highest BCUT2D eigenvalue weighted by Gasteiger charge is 2.23. The predicted octanol–water partition coefficient (Wildman–Crippen LogP) is 1.22. The molecule has 1 aromatic carbocycles. The van der Waals surface area contributed by atoms with E-state index >= 15 is 0 Å². The molecule has 9 heteroatoms. The first-order valence-corrected chi connectivity index (χ1v) is 9.29. The van der Waals surface area contributed by atoms with E-state index in [-0.39, 0.29) is 42.4 Å². The van der Waals surface area contributed by atoms with Crippen LogP contribution in [-0.4, -0.2) is 48.9 Å². The number of primary amides is 2. The van der Waals surface area contributed by atoms with E-state index in [9.17, 15) is 9.59 Å². The van der Waals surface area contributed by atoms with Gasteiger partial charge in [-0.25, -0.2) is 4.99 Å². The lowest BCUT2D eigenvalue weighted by Crippen LogP contribution is -2.47. The average Bonchev–Trinajstić information content (AvgIpc) is 2.63. The van der Waals surface area contributed by atoms with Gasteiger partial charge in [-0.3, -0.25) is 9.59 Å². The highest BCUT2D eigenvalue weighted by Crippen LogP contribution is 2.20. The molecule has 1 fully saturated rings. The molecule has 0 spiro atoms. The average molecular weight is 503 g/mol. The minimum absolute atomic E-state index is 0. The van der Waals surface area contributed by atoms with Gasteiger partial charge >= 0.3 is 0 Å². The SMILES string of the molecule is CCNC(=NCc1cccc(OCC(N)=O)c1)N1CCCC(CC(N)=O)C1.I. The number of piperidine rings is 1. The quantitative estimate of drug-likeness (QED) is 0.280. The Morgan fingerprint density at radius 3 is 2.79 bits per heavy atom. The second kappa shape index (κ2) is 12.4. The molecule has 1 atom stereocenters. The zero-order valence-electron chi connectivity index (χ0n) is 16.2. The van der Waals surface area contributed by atoms with Gasteiger partial charge in [-0.2, -0.15) is 0 Å². The molecule has 8 nitrogen and oxygen atoms in total. The highest BCUT2D eigenvalue weighted by molar-refractivity contribution is 14.0. The minimum Gasteiger partial charge on any atom is -0.484 e. The number of halogens is 1. The lowest BCUT2D eigenvalue weighted by Gasteiger charge is -2.34. The fourth-order valence-electron chi connectivity index (χ4n) is 3.19. The number of nitrogens with two attached hydrogens (primary N) is 2. The summed E-state index contributed by atoms with van der Waals surface area (Å²) in [7, 11) is 0. The zero-order chi connectivity index (χ0) is 19.6. The topological polar surface area (TPSA) is 123 Å². The van der Waals surface area contributed by atoms with Crippen molar-refractivity contribution < 1.29 is 14.3 Å². The maximum absolute atomic E-state index is 11.2. The summed E-state index contributed by atoms with van der Waals surface area (Å²) in [4.78, 5) is 29.0. The summed E-state index contributed by atoms with van der Waals surface area (Å²) in [5.41, 5.74) is 11.4. The number of nitrogens with one attached hydrogen (secondary N) is 1. The predicted molar refractivity (Wildman–Crippen MR) is 119 cm³/mol. The second-order valence-corrected chi connectivity index (χ2v) is 6.70. The molecule has 1 saturated heterocycles. The van der Waals surface area contributed by atoms with Crippen molar-refractivity contribution in [1.29, 1.82) is 0 Å². The van der Waals surface area contributed by atoms with Crippen LogP contribution in [0.15, 0.2) is 29.3 Å². The number of benzene rings is 1. The molecule has 1 aliphatic rings. The van der Waals surface area contributed by atoms with E-state index in [0.29, 0.717) is 18.7 Å². The molecule has 5 N–H and O–H groups in total. The Hall–Kier alpha value is -2.04. The van der Waals surface area contributed by atoms with Gasteiger partial charge in [0.05, 0.1) is 6.54 Å². The molecule has 1 heterocycles. The summed E-state index contributed by atoms with van der Waals surface area (Å²) in [6, 6.07) is 7.44. The monoisotopic (exact) mass is 503 g/mol. The molecular formula is C19H30IN5O3. The molecule has 0 radical (unpaired) electrons. The van der Waals surface area contributed by atoms with Gasteiger partial charge in [0.2, 0.25) is 5.91 Å². The minimum atomic E-state index is -0.511. The van der Waals surface area contributed by atoms with Gasteiger partial charge in [-0.1, -0.05) is 12.1 Å². The number of carbonyl (C=O) groups excluding carboxylic acids is 2. The third-order valence-corrected chi connectivity index (χ3v) is 4.33. The van der Waals surface area contributed by atoms with Crippen molar-refractivity contribution in [3.8, 4) is 5.75 Å². The van der Waals surface area contributed by atoms with E-state index in [4.69, 9.17) is 21.2 Å². The van der Waals surface area contributed by atoms with Crippen molar-refractivity contribution in [2.24, 2.45) is 22.4 Å². The fraction of sp³-hybridized carbons (Fsp3) is 0.526. The Balaban J connectivity index is 0.00000392. The van der Waals surface area contributed by atoms with Gasteiger partial charge < -0.3 is 26.4 Å². The van der Waals surface area contributed by atoms with Crippen molar-refractivity contribution in [3.05, 3.63) is 29.8 Å². The molecule has 2 rings (SSSR count). The van der Waals surface area contributed by atoms with Crippen LogP contribution in [0.3, 0.4) is 0 Å². The first-order chi connectivity index (χ1) is 13.0. The Morgan fingerprint density at radius 2 is 2.11 bits per heavy atom. The van der Waals surface area contributed by atoms with Crippen LogP contribution in [0, 0.1) is 5.92 Å². The number of amides is 2. The molecule has 0 aliphatic carbocycles. The Bertz CT molecular complexity index is 683. The third-order valence-electron chi connectivity index (χ3n) is 4.33. The first-order valence-electron chi connectivity index (χ1n) is 9.29. The van der Waals surface area contributed by atoms with Crippen LogP contribution in [0.1, 0.15) is 31.7 Å². The largest absolute Gasteiger partial charge is 0.484 e. The standard InChI is InChI=1S/C19H29N5O3.HI/c1-2-22-19(24-8-4-6-15(12-24)10-17(20)25)23-11-14-5-3-7-16(9-14)27-13-18(21)26;/h3,5,7,9,15H,2,4,6,8,10-13H2,1H3,(H2,20,25)(H2,21,26)(H,22,23);1H. The van der Waals surface area contributed by atoms with Gasteiger partial charge in [0.1, 0.15) is 5.75 Å². The third kappa shape index (κ3) is 8.32.